The Bertz CT molecular complexity index is 579. The molecule has 0 bridgehead atoms. The number of hydrogen-bond donors (Lipinski definition) is 1. The second-order valence-electron chi connectivity index (χ2n) is 6.98. The van der Waals surface area contributed by atoms with E-state index in [9.17, 15) is 4.79 Å². The van der Waals surface area contributed by atoms with Crippen molar-refractivity contribution in [2.24, 2.45) is 7.05 Å². The highest BCUT2D eigenvalue weighted by Crippen LogP contribution is 2.38. The number of hydrogen-bond acceptors (Lipinski definition) is 3. The number of carbonyl (C=O) groups excluding carboxylic acids is 1. The van der Waals surface area contributed by atoms with E-state index in [-0.39, 0.29) is 18.0 Å². The minimum Gasteiger partial charge on any atom is -0.352 e. The molecule has 1 aromatic rings. The highest BCUT2D eigenvalue weighted by Gasteiger charge is 2.36. The second kappa shape index (κ2) is 6.81. The molecule has 1 saturated carbocycles. The van der Waals surface area contributed by atoms with Crippen LogP contribution in [0.25, 0.3) is 0 Å². The van der Waals surface area contributed by atoms with Crippen LogP contribution in [0.3, 0.4) is 0 Å². The smallest absolute Gasteiger partial charge is 0.237 e. The molecule has 128 valence electrons. The lowest BCUT2D eigenvalue weighted by Gasteiger charge is -2.30. The molecule has 1 saturated heterocycles. The highest BCUT2D eigenvalue weighted by atomic mass is 35.5. The third-order valence-electron chi connectivity index (χ3n) is 5.40. The van der Waals surface area contributed by atoms with Crippen molar-refractivity contribution in [3.8, 4) is 0 Å². The molecule has 2 unspecified atom stereocenters. The maximum absolute atomic E-state index is 12.6. The van der Waals surface area contributed by atoms with Gasteiger partial charge in [0, 0.05) is 24.7 Å². The molecular formula is C17H27ClN4O. The number of nitrogens with zero attached hydrogens (tertiary/aromatic N) is 3. The van der Waals surface area contributed by atoms with Crippen molar-refractivity contribution >= 4 is 17.5 Å². The number of nitrogens with one attached hydrogen (secondary N) is 1. The van der Waals surface area contributed by atoms with E-state index in [1.165, 1.54) is 12.8 Å². The SMILES string of the molecule is Cc1nn(C)c(Cl)c1C1CCCN1C(C)C(=O)NC1CCCC1. The third-order valence-corrected chi connectivity index (χ3v) is 5.85. The Hall–Kier alpha value is -1.07. The van der Waals surface area contributed by atoms with Crippen LogP contribution in [-0.4, -0.2) is 39.2 Å². The maximum atomic E-state index is 12.6. The van der Waals surface area contributed by atoms with Gasteiger partial charge in [-0.25, -0.2) is 0 Å². The lowest BCUT2D eigenvalue weighted by Crippen LogP contribution is -2.47. The van der Waals surface area contributed by atoms with E-state index < -0.39 is 0 Å². The van der Waals surface area contributed by atoms with Crippen LogP contribution < -0.4 is 5.32 Å². The predicted octanol–water partition coefficient (Wildman–Crippen LogP) is 2.97. The molecule has 1 aliphatic heterocycles. The lowest BCUT2D eigenvalue weighted by atomic mass is 10.0. The third kappa shape index (κ3) is 3.26. The molecule has 0 aromatic carbocycles. The summed E-state index contributed by atoms with van der Waals surface area (Å²) >= 11 is 6.45. The van der Waals surface area contributed by atoms with Gasteiger partial charge in [0.2, 0.25) is 5.91 Å². The largest absolute Gasteiger partial charge is 0.352 e. The van der Waals surface area contributed by atoms with Gasteiger partial charge in [0.15, 0.2) is 0 Å². The zero-order valence-corrected chi connectivity index (χ0v) is 15.1. The van der Waals surface area contributed by atoms with Gasteiger partial charge in [0.25, 0.3) is 0 Å². The first-order chi connectivity index (χ1) is 11.0. The van der Waals surface area contributed by atoms with Crippen LogP contribution in [0.1, 0.15) is 62.7 Å². The van der Waals surface area contributed by atoms with Crippen molar-refractivity contribution in [2.45, 2.75) is 70.5 Å². The highest BCUT2D eigenvalue weighted by molar-refractivity contribution is 6.30. The first kappa shape index (κ1) is 16.8. The predicted molar refractivity (Wildman–Crippen MR) is 91.5 cm³/mol. The average Bonchev–Trinajstić information content (AvgIpc) is 3.21. The van der Waals surface area contributed by atoms with Gasteiger partial charge in [-0.1, -0.05) is 24.4 Å². The average molecular weight is 339 g/mol. The van der Waals surface area contributed by atoms with Gasteiger partial charge >= 0.3 is 0 Å². The van der Waals surface area contributed by atoms with E-state index >= 15 is 0 Å². The van der Waals surface area contributed by atoms with Crippen molar-refractivity contribution in [1.82, 2.24) is 20.0 Å². The quantitative estimate of drug-likeness (QED) is 0.918. The molecule has 1 aliphatic carbocycles. The number of likely N-dealkylation sites (tertiary alicyclic amines) is 1. The number of rotatable bonds is 4. The van der Waals surface area contributed by atoms with E-state index in [4.69, 9.17) is 11.6 Å². The van der Waals surface area contributed by atoms with E-state index in [1.807, 2.05) is 20.9 Å². The zero-order chi connectivity index (χ0) is 16.6. The Labute approximate surface area is 143 Å². The van der Waals surface area contributed by atoms with Crippen LogP contribution >= 0.6 is 11.6 Å². The van der Waals surface area contributed by atoms with Crippen molar-refractivity contribution < 1.29 is 4.79 Å². The molecular weight excluding hydrogens is 312 g/mol. The van der Waals surface area contributed by atoms with Crippen LogP contribution in [-0.2, 0) is 11.8 Å². The summed E-state index contributed by atoms with van der Waals surface area (Å²) < 4.78 is 1.73. The fourth-order valence-electron chi connectivity index (χ4n) is 4.13. The number of aryl methyl sites for hydroxylation is 2. The van der Waals surface area contributed by atoms with E-state index in [1.54, 1.807) is 4.68 Å². The fraction of sp³-hybridized carbons (Fsp3) is 0.765. The Kier molecular flexibility index (Phi) is 4.97. The van der Waals surface area contributed by atoms with Crippen LogP contribution in [0.15, 0.2) is 0 Å². The Morgan fingerprint density at radius 3 is 2.61 bits per heavy atom. The molecule has 0 spiro atoms. The molecule has 1 aromatic heterocycles. The Balaban J connectivity index is 1.74. The summed E-state index contributed by atoms with van der Waals surface area (Å²) in [7, 11) is 1.87. The standard InChI is InChI=1S/C17H27ClN4O/c1-11-15(16(18)21(3)20-11)14-9-6-10-22(14)12(2)17(23)19-13-7-4-5-8-13/h12-14H,4-10H2,1-3H3,(H,19,23). The minimum atomic E-state index is -0.126. The Morgan fingerprint density at radius 1 is 1.30 bits per heavy atom. The molecule has 0 radical (unpaired) electrons. The normalized spacial score (nSPS) is 24.3. The first-order valence-corrected chi connectivity index (χ1v) is 9.12. The summed E-state index contributed by atoms with van der Waals surface area (Å²) in [6.07, 6.45) is 6.83. The molecule has 5 nitrogen and oxygen atoms in total. The Morgan fingerprint density at radius 2 is 2.00 bits per heavy atom. The molecule has 6 heteroatoms. The van der Waals surface area contributed by atoms with Gasteiger partial charge in [-0.05, 0) is 46.1 Å². The van der Waals surface area contributed by atoms with Gasteiger partial charge in [-0.15, -0.1) is 0 Å². The van der Waals surface area contributed by atoms with Gasteiger partial charge in [-0.2, -0.15) is 5.10 Å². The summed E-state index contributed by atoms with van der Waals surface area (Å²) in [5.41, 5.74) is 2.06. The number of aromatic nitrogens is 2. The molecule has 2 atom stereocenters. The monoisotopic (exact) mass is 338 g/mol. The van der Waals surface area contributed by atoms with Crippen molar-refractivity contribution in [3.63, 3.8) is 0 Å². The molecule has 1 N–H and O–H groups in total. The summed E-state index contributed by atoms with van der Waals surface area (Å²) in [6.45, 7) is 4.96. The van der Waals surface area contributed by atoms with E-state index in [2.05, 4.69) is 15.3 Å². The zero-order valence-electron chi connectivity index (χ0n) is 14.3. The molecule has 1 amide bonds. The van der Waals surface area contributed by atoms with E-state index in [0.717, 1.165) is 43.5 Å². The van der Waals surface area contributed by atoms with Crippen molar-refractivity contribution in [3.05, 3.63) is 16.4 Å². The second-order valence-corrected chi connectivity index (χ2v) is 7.33. The van der Waals surface area contributed by atoms with Gasteiger partial charge < -0.3 is 5.32 Å². The van der Waals surface area contributed by atoms with Crippen molar-refractivity contribution in [2.75, 3.05) is 6.54 Å². The summed E-state index contributed by atoms with van der Waals surface area (Å²) in [6, 6.07) is 0.439. The molecule has 3 rings (SSSR count). The van der Waals surface area contributed by atoms with Gasteiger partial charge in [-0.3, -0.25) is 14.4 Å². The minimum absolute atomic E-state index is 0.126. The topological polar surface area (TPSA) is 50.2 Å². The molecule has 2 aliphatic rings. The summed E-state index contributed by atoms with van der Waals surface area (Å²) in [5.74, 6) is 0.154. The van der Waals surface area contributed by atoms with Crippen LogP contribution in [0, 0.1) is 6.92 Å². The van der Waals surface area contributed by atoms with E-state index in [0.29, 0.717) is 11.2 Å². The fourth-order valence-corrected chi connectivity index (χ4v) is 4.43. The number of carbonyl (C=O) groups is 1. The number of halogens is 1. The first-order valence-electron chi connectivity index (χ1n) is 8.74. The van der Waals surface area contributed by atoms with Gasteiger partial charge in [0.05, 0.1) is 11.7 Å². The van der Waals surface area contributed by atoms with Gasteiger partial charge in [0.1, 0.15) is 5.15 Å². The summed E-state index contributed by atoms with van der Waals surface area (Å²) in [4.78, 5) is 14.9. The van der Waals surface area contributed by atoms with Crippen LogP contribution in [0.5, 0.6) is 0 Å². The molecule has 2 fully saturated rings. The number of amides is 1. The lowest BCUT2D eigenvalue weighted by molar-refractivity contribution is -0.127. The van der Waals surface area contributed by atoms with Crippen LogP contribution in [0.4, 0.5) is 0 Å². The van der Waals surface area contributed by atoms with Crippen LogP contribution in [0.2, 0.25) is 5.15 Å². The summed E-state index contributed by atoms with van der Waals surface area (Å²) in [5, 5.41) is 8.36. The van der Waals surface area contributed by atoms with Crippen molar-refractivity contribution in [1.29, 1.82) is 0 Å². The molecule has 2 heterocycles. The molecule has 23 heavy (non-hydrogen) atoms. The maximum Gasteiger partial charge on any atom is 0.237 e.